The first-order chi connectivity index (χ1) is 8.24. The highest BCUT2D eigenvalue weighted by atomic mass is 32.3. The van der Waals surface area contributed by atoms with Crippen LogP contribution in [0.25, 0.3) is 0 Å². The first-order valence-electron chi connectivity index (χ1n) is 3.78. The van der Waals surface area contributed by atoms with E-state index in [0.717, 1.165) is 0 Å². The molecule has 0 aliphatic rings. The zero-order chi connectivity index (χ0) is 14.8. The molecule has 0 saturated heterocycles. The maximum Gasteiger partial charge on any atom is 0.394 e. The molecule has 0 atom stereocenters. The third kappa shape index (κ3) is 11.5. The Hall–Kier alpha value is -2.60. The predicted octanol–water partition coefficient (Wildman–Crippen LogP) is 0.844. The van der Waals surface area contributed by atoms with Crippen LogP contribution in [0.15, 0.2) is 24.3 Å². The van der Waals surface area contributed by atoms with Crippen LogP contribution in [0.1, 0.15) is 5.56 Å². The molecule has 0 amide bonds. The molecule has 10 nitrogen and oxygen atoms in total. The second-order valence-corrected chi connectivity index (χ2v) is 3.26. The van der Waals surface area contributed by atoms with Gasteiger partial charge in [-0.05, 0) is 6.07 Å². The van der Waals surface area contributed by atoms with Crippen molar-refractivity contribution in [3.63, 3.8) is 0 Å². The summed E-state index contributed by atoms with van der Waals surface area (Å²) in [7, 11) is -4.67. The molecule has 2 N–H and O–H groups in total. The Morgan fingerprint density at radius 1 is 1.28 bits per heavy atom. The highest BCUT2D eigenvalue weighted by Crippen LogP contribution is 2.11. The summed E-state index contributed by atoms with van der Waals surface area (Å²) in [6.07, 6.45) is 0. The average Bonchev–Trinajstić information content (AvgIpc) is 2.29. The third-order valence-electron chi connectivity index (χ3n) is 1.19. The van der Waals surface area contributed by atoms with E-state index >= 15 is 0 Å². The molecular weight excluding hydrogens is 268 g/mol. The summed E-state index contributed by atoms with van der Waals surface area (Å²) in [5.41, 5.74) is 0.253. The number of nitro benzene ring substituents is 1. The number of hydrogen-bond acceptors (Lipinski definition) is 7. The minimum absolute atomic E-state index is 0.0518. The van der Waals surface area contributed by atoms with Gasteiger partial charge in [-0.25, -0.2) is 0 Å². The largest absolute Gasteiger partial charge is 0.394 e. The summed E-state index contributed by atoms with van der Waals surface area (Å²) in [4.78, 5) is 9.64. The van der Waals surface area contributed by atoms with Crippen molar-refractivity contribution in [2.24, 2.45) is 0 Å². The fourth-order valence-corrected chi connectivity index (χ4v) is 0.689. The second kappa shape index (κ2) is 8.54. The second-order valence-electron chi connectivity index (χ2n) is 2.37. The van der Waals surface area contributed by atoms with Gasteiger partial charge in [-0.15, -0.1) is 0 Å². The summed E-state index contributed by atoms with van der Waals surface area (Å²) in [5.74, 6) is 0. The minimum Gasteiger partial charge on any atom is -0.264 e. The van der Waals surface area contributed by atoms with Crippen LogP contribution in [0.2, 0.25) is 0 Å². The van der Waals surface area contributed by atoms with Crippen LogP contribution in [0.3, 0.4) is 0 Å². The van der Waals surface area contributed by atoms with Gasteiger partial charge in [-0.3, -0.25) is 19.2 Å². The van der Waals surface area contributed by atoms with Crippen molar-refractivity contribution in [2.75, 3.05) is 0 Å². The fraction of sp³-hybridized carbons (Fsp3) is 0. The van der Waals surface area contributed by atoms with Crippen LogP contribution in [-0.2, 0) is 10.4 Å². The standard InChI is InChI=1S/C7H4N2O2.N2.H2O4S/c8-5-6-2-1-3-7(4-6)9(10)11;1-2;1-5(2,3)4/h1-4H;;(H2,1,2,3,4). The van der Waals surface area contributed by atoms with E-state index in [-0.39, 0.29) is 5.69 Å². The molecular formula is C7H6N4O6S. The van der Waals surface area contributed by atoms with E-state index in [0.29, 0.717) is 5.56 Å². The predicted molar refractivity (Wildman–Crippen MR) is 55.4 cm³/mol. The Morgan fingerprint density at radius 2 is 1.72 bits per heavy atom. The normalized spacial score (nSPS) is 8.61. The number of nitrogens with zero attached hydrogens (tertiary/aromatic N) is 4. The molecule has 0 aliphatic heterocycles. The molecule has 0 fully saturated rings. The van der Waals surface area contributed by atoms with Gasteiger partial charge in [0.2, 0.25) is 0 Å². The third-order valence-corrected chi connectivity index (χ3v) is 1.19. The smallest absolute Gasteiger partial charge is 0.264 e. The van der Waals surface area contributed by atoms with E-state index < -0.39 is 15.3 Å². The molecule has 0 aliphatic carbocycles. The highest BCUT2D eigenvalue weighted by molar-refractivity contribution is 7.79. The topological polar surface area (TPSA) is 189 Å². The van der Waals surface area contributed by atoms with Gasteiger partial charge < -0.3 is 0 Å². The van der Waals surface area contributed by atoms with Gasteiger partial charge in [0.05, 0.1) is 16.6 Å². The monoisotopic (exact) mass is 274 g/mol. The lowest BCUT2D eigenvalue weighted by Crippen LogP contribution is -1.89. The van der Waals surface area contributed by atoms with Crippen LogP contribution >= 0.6 is 0 Å². The van der Waals surface area contributed by atoms with E-state index in [9.17, 15) is 10.1 Å². The molecule has 96 valence electrons. The SMILES string of the molecule is N#Cc1cccc([N+](=O)[O-])c1.N#N.O=S(=O)(O)O. The molecule has 0 bridgehead atoms. The molecule has 1 rings (SSSR count). The molecule has 11 heteroatoms. The van der Waals surface area contributed by atoms with Crippen LogP contribution in [0.5, 0.6) is 0 Å². The van der Waals surface area contributed by atoms with Gasteiger partial charge in [0, 0.05) is 22.9 Å². The lowest BCUT2D eigenvalue weighted by molar-refractivity contribution is -0.384. The van der Waals surface area contributed by atoms with Crippen LogP contribution < -0.4 is 0 Å². The Labute approximate surface area is 101 Å². The highest BCUT2D eigenvalue weighted by Gasteiger charge is 2.03. The van der Waals surface area contributed by atoms with Gasteiger partial charge in [-0.1, -0.05) is 6.07 Å². The Morgan fingerprint density at radius 3 is 2.06 bits per heavy atom. The van der Waals surface area contributed by atoms with Crippen molar-refractivity contribution in [3.05, 3.63) is 39.9 Å². The van der Waals surface area contributed by atoms with E-state index in [1.165, 1.54) is 24.3 Å². The fourth-order valence-electron chi connectivity index (χ4n) is 0.689. The summed E-state index contributed by atoms with van der Waals surface area (Å²) in [6, 6.07) is 7.41. The summed E-state index contributed by atoms with van der Waals surface area (Å²) in [6.45, 7) is 0. The van der Waals surface area contributed by atoms with Crippen molar-refractivity contribution < 1.29 is 22.4 Å². The first-order valence-corrected chi connectivity index (χ1v) is 5.18. The lowest BCUT2D eigenvalue weighted by atomic mass is 10.2. The first kappa shape index (κ1) is 17.8. The molecule has 0 unspecified atom stereocenters. The van der Waals surface area contributed by atoms with E-state index in [1.54, 1.807) is 0 Å². The maximum atomic E-state index is 10.2. The molecule has 0 aromatic heterocycles. The van der Waals surface area contributed by atoms with Gasteiger partial charge in [0.1, 0.15) is 0 Å². The van der Waals surface area contributed by atoms with Gasteiger partial charge >= 0.3 is 10.4 Å². The number of benzene rings is 1. The van der Waals surface area contributed by atoms with E-state index in [2.05, 4.69) is 0 Å². The average molecular weight is 274 g/mol. The summed E-state index contributed by atoms with van der Waals surface area (Å²) >= 11 is 0. The maximum absolute atomic E-state index is 10.2. The Kier molecular flexibility index (Phi) is 8.44. The van der Waals surface area contributed by atoms with Crippen molar-refractivity contribution in [1.82, 2.24) is 0 Å². The quantitative estimate of drug-likeness (QED) is 0.323. The van der Waals surface area contributed by atoms with Crippen molar-refractivity contribution in [2.45, 2.75) is 0 Å². The van der Waals surface area contributed by atoms with E-state index in [4.69, 9.17) is 33.6 Å². The minimum atomic E-state index is -4.67. The van der Waals surface area contributed by atoms with Crippen LogP contribution in [-0.4, -0.2) is 22.4 Å². The molecule has 18 heavy (non-hydrogen) atoms. The van der Waals surface area contributed by atoms with Gasteiger partial charge in [-0.2, -0.15) is 13.7 Å². The Balaban J connectivity index is 0. The van der Waals surface area contributed by atoms with Gasteiger partial charge in [0.15, 0.2) is 0 Å². The number of nitriles is 1. The molecule has 1 aromatic rings. The number of rotatable bonds is 1. The molecule has 0 heterocycles. The van der Waals surface area contributed by atoms with Crippen LogP contribution in [0, 0.1) is 32.2 Å². The molecule has 0 saturated carbocycles. The molecule has 0 radical (unpaired) electrons. The zero-order valence-corrected chi connectivity index (χ0v) is 9.35. The number of hydrogen-bond donors (Lipinski definition) is 2. The van der Waals surface area contributed by atoms with Crippen molar-refractivity contribution in [1.29, 1.82) is 16.0 Å². The van der Waals surface area contributed by atoms with Crippen molar-refractivity contribution in [3.8, 4) is 6.07 Å². The van der Waals surface area contributed by atoms with Crippen molar-refractivity contribution >= 4 is 16.1 Å². The van der Waals surface area contributed by atoms with Crippen LogP contribution in [0.4, 0.5) is 5.69 Å². The summed E-state index contributed by atoms with van der Waals surface area (Å²) < 4.78 is 31.6. The zero-order valence-electron chi connectivity index (χ0n) is 8.53. The molecule has 1 aromatic carbocycles. The number of nitro groups is 1. The summed E-state index contributed by atoms with van der Waals surface area (Å²) in [5, 5.41) is 30.5. The van der Waals surface area contributed by atoms with E-state index in [1.807, 2.05) is 6.07 Å². The van der Waals surface area contributed by atoms with Gasteiger partial charge in [0.25, 0.3) is 5.69 Å². The lowest BCUT2D eigenvalue weighted by Gasteiger charge is -1.89. The Bertz CT molecular complexity index is 553. The molecule has 0 spiro atoms. The number of non-ortho nitro benzene ring substituents is 1.